The molecule has 0 aliphatic rings. The van der Waals surface area contributed by atoms with E-state index in [-0.39, 0.29) is 118 Å². The third kappa shape index (κ3) is 17.7. The fourth-order valence-electron chi connectivity index (χ4n) is 2.56. The average Bonchev–Trinajstić information content (AvgIpc) is 2.63. The van der Waals surface area contributed by atoms with Crippen LogP contribution in [0, 0.1) is 6.42 Å². The van der Waals surface area contributed by atoms with Crippen LogP contribution in [-0.4, -0.2) is 35.5 Å². The Bertz CT molecular complexity index is 539. The number of unbranched alkanes of at least 4 members (excludes halogenated alkanes) is 3. The Morgan fingerprint density at radius 3 is 2.41 bits per heavy atom. The molecular weight excluding hydrogens is 595 g/mol. The van der Waals surface area contributed by atoms with Crippen LogP contribution in [0.25, 0.3) is 6.08 Å². The third-order valence-electron chi connectivity index (χ3n) is 4.14. The van der Waals surface area contributed by atoms with Crippen LogP contribution in [0.5, 0.6) is 0 Å². The number of ether oxygens (including phenoxy) is 1. The number of aliphatic hydroxyl groups excluding tert-OH is 2. The van der Waals surface area contributed by atoms with Crippen molar-refractivity contribution in [2.45, 2.75) is 71.5 Å². The van der Waals surface area contributed by atoms with E-state index in [1.165, 1.54) is 26.4 Å². The summed E-state index contributed by atoms with van der Waals surface area (Å²) in [6.45, 7) is 2.19. The second-order valence-electron chi connectivity index (χ2n) is 6.21. The molecule has 2 N–H and O–H groups in total. The number of rotatable bonds is 12. The number of esters is 1. The van der Waals surface area contributed by atoms with Gasteiger partial charge < -0.3 is 14.9 Å². The molecule has 0 bridgehead atoms. The van der Waals surface area contributed by atoms with Gasteiger partial charge in [0, 0.05) is 105 Å². The van der Waals surface area contributed by atoms with Gasteiger partial charge in [-0.15, -0.1) is 23.8 Å². The summed E-state index contributed by atoms with van der Waals surface area (Å²) in [5.41, 5.74) is 2.17. The van der Waals surface area contributed by atoms with Crippen molar-refractivity contribution in [3.8, 4) is 0 Å². The zero-order valence-electron chi connectivity index (χ0n) is 17.1. The van der Waals surface area contributed by atoms with Crippen LogP contribution < -0.4 is 0 Å². The number of aliphatic hydroxyl groups is 2. The Morgan fingerprint density at radius 2 is 1.79 bits per heavy atom. The van der Waals surface area contributed by atoms with Crippen molar-refractivity contribution in [3.63, 3.8) is 0 Å². The van der Waals surface area contributed by atoms with E-state index < -0.39 is 12.2 Å². The van der Waals surface area contributed by atoms with E-state index in [0.29, 0.717) is 12.8 Å². The molecule has 7 heteroatoms. The van der Waals surface area contributed by atoms with Crippen LogP contribution in [0.3, 0.4) is 0 Å². The molecule has 2 atom stereocenters. The van der Waals surface area contributed by atoms with Crippen molar-refractivity contribution >= 4 is 12.0 Å². The van der Waals surface area contributed by atoms with E-state index in [4.69, 9.17) is 0 Å². The summed E-state index contributed by atoms with van der Waals surface area (Å²) in [6, 6.07) is 8.02. The van der Waals surface area contributed by atoms with Gasteiger partial charge in [-0.3, -0.25) is 4.79 Å². The predicted octanol–water partition coefficient (Wildman–Crippen LogP) is 4.53. The normalized spacial score (nSPS) is 11.7. The zero-order valence-corrected chi connectivity index (χ0v) is 25.6. The number of carbonyl (C=O) groups excluding carboxylic acids is 1. The average molecular weight is 630 g/mol. The molecule has 1 aromatic carbocycles. The third-order valence-corrected chi connectivity index (χ3v) is 4.14. The minimum atomic E-state index is -0.953. The summed E-state index contributed by atoms with van der Waals surface area (Å²) < 4.78 is 4.56. The molecule has 29 heavy (non-hydrogen) atoms. The maximum Gasteiger partial charge on any atom is 0.305 e. The first-order valence-electron chi connectivity index (χ1n) is 9.11. The summed E-state index contributed by atoms with van der Waals surface area (Å²) in [7, 11) is 1.34. The molecule has 157 valence electrons. The van der Waals surface area contributed by atoms with Gasteiger partial charge in [0.1, 0.15) is 0 Å². The molecule has 3 radical (unpaired) electrons. The maximum atomic E-state index is 11.1. The Kier molecular flexibility index (Phi) is 31.5. The van der Waals surface area contributed by atoms with Crippen LogP contribution in [0.15, 0.2) is 30.3 Å². The maximum absolute atomic E-state index is 11.1. The van der Waals surface area contributed by atoms with Crippen molar-refractivity contribution in [1.82, 2.24) is 0 Å². The Morgan fingerprint density at radius 1 is 1.14 bits per heavy atom. The molecule has 0 unspecified atom stereocenters. The van der Waals surface area contributed by atoms with Crippen molar-refractivity contribution in [2.75, 3.05) is 7.11 Å². The van der Waals surface area contributed by atoms with Gasteiger partial charge in [0.05, 0.1) is 19.3 Å². The van der Waals surface area contributed by atoms with Crippen LogP contribution >= 0.6 is 0 Å². The van der Waals surface area contributed by atoms with Crippen molar-refractivity contribution in [1.29, 1.82) is 0 Å². The minimum Gasteiger partial charge on any atom is -0.469 e. The number of carbonyl (C=O) groups is 1. The molecular formula is C22H35O4Y3-. The SMILES string of the molecule is C.CCCCC[CH-]c1ccccc1/C=C/[C@@H](O)[C@@H](O)CCCC(=O)OC.[Y].[Y].[Y]. The van der Waals surface area contributed by atoms with Gasteiger partial charge in [-0.2, -0.15) is 18.1 Å². The fraction of sp³-hybridized carbons (Fsp3) is 0.545. The topological polar surface area (TPSA) is 66.8 Å². The molecule has 0 aliphatic carbocycles. The second-order valence-corrected chi connectivity index (χ2v) is 6.21. The Labute approximate surface area is 253 Å². The van der Waals surface area contributed by atoms with Gasteiger partial charge in [0.2, 0.25) is 0 Å². The van der Waals surface area contributed by atoms with Crippen LogP contribution in [0.1, 0.15) is 70.4 Å². The number of hydrogen-bond acceptors (Lipinski definition) is 4. The van der Waals surface area contributed by atoms with Gasteiger partial charge in [0.15, 0.2) is 0 Å². The van der Waals surface area contributed by atoms with Crippen LogP contribution in [0.2, 0.25) is 0 Å². The molecule has 0 amide bonds. The molecule has 0 saturated heterocycles. The van der Waals surface area contributed by atoms with Gasteiger partial charge in [0.25, 0.3) is 0 Å². The number of benzene rings is 1. The van der Waals surface area contributed by atoms with Crippen LogP contribution in [0.4, 0.5) is 0 Å². The minimum absolute atomic E-state index is 0. The molecule has 0 aromatic heterocycles. The summed E-state index contributed by atoms with van der Waals surface area (Å²) in [5, 5.41) is 20.1. The van der Waals surface area contributed by atoms with E-state index in [9.17, 15) is 15.0 Å². The first-order chi connectivity index (χ1) is 12.1. The predicted molar refractivity (Wildman–Crippen MR) is 108 cm³/mol. The van der Waals surface area contributed by atoms with Gasteiger partial charge in [-0.25, -0.2) is 0 Å². The van der Waals surface area contributed by atoms with Crippen molar-refractivity contribution in [3.05, 3.63) is 47.9 Å². The summed E-state index contributed by atoms with van der Waals surface area (Å²) in [5.74, 6) is -0.301. The van der Waals surface area contributed by atoms with Gasteiger partial charge >= 0.3 is 5.97 Å². The monoisotopic (exact) mass is 630 g/mol. The summed E-state index contributed by atoms with van der Waals surface area (Å²) in [6.07, 6.45) is 9.57. The molecule has 1 aromatic rings. The smallest absolute Gasteiger partial charge is 0.305 e. The van der Waals surface area contributed by atoms with Crippen molar-refractivity contribution < 1.29 is 118 Å². The van der Waals surface area contributed by atoms with E-state index in [1.807, 2.05) is 24.3 Å². The molecule has 0 heterocycles. The largest absolute Gasteiger partial charge is 0.469 e. The Hall–Kier alpha value is 1.53. The zero-order chi connectivity index (χ0) is 18.5. The van der Waals surface area contributed by atoms with Gasteiger partial charge in [-0.1, -0.05) is 52.2 Å². The first-order valence-corrected chi connectivity index (χ1v) is 9.11. The molecule has 1 rings (SSSR count). The standard InChI is InChI=1S/C21H31O4.CH4.3Y/c1-3-4-5-6-10-17-11-7-8-12-18(17)15-16-20(23)19(22)13-9-14-21(24)25-2;;;;/h7-8,10-12,15-16,19-20,22-23H,3-6,9,13-14H2,1-2H3;1H4;;;/q-1;;;;/b16-15+;;;;/t19-,20+;;;;/m0..../s1. The van der Waals surface area contributed by atoms with E-state index >= 15 is 0 Å². The fourth-order valence-corrected chi connectivity index (χ4v) is 2.56. The quantitative estimate of drug-likeness (QED) is 0.203. The van der Waals surface area contributed by atoms with Crippen LogP contribution in [-0.2, 0) is 108 Å². The molecule has 4 nitrogen and oxygen atoms in total. The number of methoxy groups -OCH3 is 1. The summed E-state index contributed by atoms with van der Waals surface area (Å²) in [4.78, 5) is 11.1. The number of hydrogen-bond donors (Lipinski definition) is 2. The van der Waals surface area contributed by atoms with E-state index in [2.05, 4.69) is 24.1 Å². The summed E-state index contributed by atoms with van der Waals surface area (Å²) >= 11 is 0. The van der Waals surface area contributed by atoms with E-state index in [1.54, 1.807) is 6.08 Å². The van der Waals surface area contributed by atoms with Crippen molar-refractivity contribution in [2.24, 2.45) is 0 Å². The van der Waals surface area contributed by atoms with Gasteiger partial charge in [-0.05, 0) is 12.8 Å². The first kappa shape index (κ1) is 37.8. The Balaban J connectivity index is -0.000000781. The molecule has 0 aliphatic heterocycles. The molecule has 0 saturated carbocycles. The second kappa shape index (κ2) is 24.2. The molecule has 0 spiro atoms. The molecule has 0 fully saturated rings. The van der Waals surface area contributed by atoms with E-state index in [0.717, 1.165) is 17.5 Å².